The number of esters is 1. The number of nitrogens with two attached hydrogens (primary N) is 1. The van der Waals surface area contributed by atoms with E-state index in [0.717, 1.165) is 6.26 Å². The van der Waals surface area contributed by atoms with Crippen molar-refractivity contribution in [1.82, 2.24) is 5.32 Å². The van der Waals surface area contributed by atoms with E-state index in [0.29, 0.717) is 0 Å². The highest BCUT2D eigenvalue weighted by molar-refractivity contribution is 6.32. The van der Waals surface area contributed by atoms with Gasteiger partial charge in [-0.05, 0) is 19.9 Å². The maximum atomic E-state index is 13.8. The quantitative estimate of drug-likeness (QED) is 0.232. The van der Waals surface area contributed by atoms with E-state index in [2.05, 4.69) is 5.32 Å². The van der Waals surface area contributed by atoms with E-state index in [9.17, 15) is 44.4 Å². The number of aliphatic hydroxyl groups is 3. The Morgan fingerprint density at radius 3 is 2.18 bits per heavy atom. The van der Waals surface area contributed by atoms with Crippen LogP contribution in [0.15, 0.2) is 47.5 Å². The van der Waals surface area contributed by atoms with E-state index in [-0.39, 0.29) is 22.4 Å². The molecule has 50 heavy (non-hydrogen) atoms. The first-order valence-corrected chi connectivity index (χ1v) is 16.2. The predicted octanol–water partition coefficient (Wildman–Crippen LogP) is 2.26. The van der Waals surface area contributed by atoms with Gasteiger partial charge in [0.05, 0.1) is 41.3 Å². The fourth-order valence-corrected chi connectivity index (χ4v) is 6.43. The summed E-state index contributed by atoms with van der Waals surface area (Å²) in [6, 6.07) is 0. The average Bonchev–Trinajstić information content (AvgIpc) is 3.33. The van der Waals surface area contributed by atoms with Gasteiger partial charge in [-0.3, -0.25) is 24.0 Å². The van der Waals surface area contributed by atoms with Crippen molar-refractivity contribution < 1.29 is 58.6 Å². The van der Waals surface area contributed by atoms with Crippen LogP contribution in [0, 0.1) is 30.6 Å². The van der Waals surface area contributed by atoms with Crippen molar-refractivity contribution in [3.8, 4) is 11.5 Å². The number of amides is 1. The highest BCUT2D eigenvalue weighted by Crippen LogP contribution is 2.48. The summed E-state index contributed by atoms with van der Waals surface area (Å²) in [5.74, 6) is -10.3. The minimum atomic E-state index is -2.13. The van der Waals surface area contributed by atoms with Crippen molar-refractivity contribution in [2.24, 2.45) is 29.4 Å². The summed E-state index contributed by atoms with van der Waals surface area (Å²) in [4.78, 5) is 66.4. The number of ether oxygens (including phenoxy) is 3. The Labute approximate surface area is 289 Å². The number of Topliss-reactive ketones (excluding diaryl/α,β-unsaturated/α-hetero) is 3. The van der Waals surface area contributed by atoms with Crippen LogP contribution < -0.4 is 15.8 Å². The van der Waals surface area contributed by atoms with Gasteiger partial charge in [0.2, 0.25) is 11.6 Å². The van der Waals surface area contributed by atoms with E-state index in [1.807, 2.05) is 0 Å². The first-order chi connectivity index (χ1) is 23.2. The third kappa shape index (κ3) is 6.70. The van der Waals surface area contributed by atoms with Gasteiger partial charge in [-0.15, -0.1) is 0 Å². The molecule has 3 heterocycles. The van der Waals surface area contributed by atoms with Crippen LogP contribution in [0.5, 0.6) is 11.5 Å². The van der Waals surface area contributed by atoms with Crippen molar-refractivity contribution >= 4 is 29.2 Å². The number of benzene rings is 1. The molecule has 0 saturated carbocycles. The Morgan fingerprint density at radius 2 is 1.56 bits per heavy atom. The number of hydrogen-bond acceptors (Lipinski definition) is 13. The Kier molecular flexibility index (Phi) is 10.8. The highest BCUT2D eigenvalue weighted by atomic mass is 16.7. The zero-order valence-electron chi connectivity index (χ0n) is 29.1. The molecule has 0 unspecified atom stereocenters. The molecule has 1 aromatic carbocycles. The number of hydrogen-bond donors (Lipinski definition) is 6. The molecule has 5 rings (SSSR count). The van der Waals surface area contributed by atoms with Gasteiger partial charge in [0.25, 0.3) is 11.7 Å². The first-order valence-electron chi connectivity index (χ1n) is 16.2. The van der Waals surface area contributed by atoms with Crippen LogP contribution in [0.25, 0.3) is 0 Å². The average molecular weight is 697 g/mol. The third-order valence-electron chi connectivity index (χ3n) is 9.75. The smallest absolute Gasteiger partial charge is 0.312 e. The fraction of sp³-hybridized carbons (Fsp3) is 0.472. The molecule has 1 aliphatic carbocycles. The van der Waals surface area contributed by atoms with Gasteiger partial charge in [0.15, 0.2) is 0 Å². The normalized spacial score (nSPS) is 34.7. The molecule has 0 saturated heterocycles. The second-order valence-electron chi connectivity index (χ2n) is 13.4. The first kappa shape index (κ1) is 38.0. The summed E-state index contributed by atoms with van der Waals surface area (Å²) in [5, 5.41) is 46.9. The number of nitrogens with one attached hydrogen (secondary N) is 1. The van der Waals surface area contributed by atoms with Crippen molar-refractivity contribution in [2.45, 2.75) is 85.6 Å². The number of carbonyl (C=O) groups is 5. The summed E-state index contributed by atoms with van der Waals surface area (Å²) < 4.78 is 17.0. The van der Waals surface area contributed by atoms with E-state index < -0.39 is 111 Å². The summed E-state index contributed by atoms with van der Waals surface area (Å²) >= 11 is 0. The molecule has 0 aromatic heterocycles. The van der Waals surface area contributed by atoms with Gasteiger partial charge >= 0.3 is 11.8 Å². The Bertz CT molecular complexity index is 1760. The van der Waals surface area contributed by atoms with E-state index in [4.69, 9.17) is 19.9 Å². The van der Waals surface area contributed by atoms with Gasteiger partial charge < -0.3 is 45.7 Å². The van der Waals surface area contributed by atoms with Crippen LogP contribution >= 0.6 is 0 Å². The maximum absolute atomic E-state index is 13.8. The number of carbonyl (C=O) groups excluding carboxylic acids is 5. The molecule has 270 valence electrons. The summed E-state index contributed by atoms with van der Waals surface area (Å²) in [6.45, 7) is 11.7. The minimum Gasteiger partial charge on any atom is -0.507 e. The van der Waals surface area contributed by atoms with Crippen LogP contribution in [0.4, 0.5) is 0 Å². The fourth-order valence-electron chi connectivity index (χ4n) is 6.43. The van der Waals surface area contributed by atoms with Gasteiger partial charge in [0, 0.05) is 48.7 Å². The summed E-state index contributed by atoms with van der Waals surface area (Å²) in [6.07, 6.45) is 1.99. The molecule has 0 radical (unpaired) electrons. The number of ketones is 3. The predicted molar refractivity (Wildman–Crippen MR) is 178 cm³/mol. The molecular formula is C36H44N2O12. The zero-order valence-corrected chi connectivity index (χ0v) is 29.1. The SMILES string of the molecule is CC(=O)O[C@H]1[C@H](C)[C@H](O)[C@H](C)[C@@H](O)[C@@H](C)/C=C\C=C(\C)C(=O)NC2=C(N)C(=O)c3c(c(O)c(C)c4c3C(=O)[C@@](C)(O/C=C\[C@H](O)[C@H]1C)O4)C2=O. The van der Waals surface area contributed by atoms with Crippen molar-refractivity contribution in [3.63, 3.8) is 0 Å². The van der Waals surface area contributed by atoms with Crippen molar-refractivity contribution in [2.75, 3.05) is 0 Å². The minimum absolute atomic E-state index is 0.0570. The number of phenols is 1. The molecule has 0 fully saturated rings. The van der Waals surface area contributed by atoms with Crippen LogP contribution in [0.2, 0.25) is 0 Å². The lowest BCUT2D eigenvalue weighted by Gasteiger charge is -2.37. The number of aliphatic hydroxyl groups excluding tert-OH is 3. The maximum Gasteiger partial charge on any atom is 0.312 e. The van der Waals surface area contributed by atoms with Gasteiger partial charge in [-0.2, -0.15) is 0 Å². The molecule has 0 spiro atoms. The lowest BCUT2D eigenvalue weighted by Crippen LogP contribution is -2.46. The number of allylic oxidation sites excluding steroid dienone is 4. The molecule has 5 bridgehead atoms. The monoisotopic (exact) mass is 696 g/mol. The van der Waals surface area contributed by atoms with E-state index in [1.165, 1.54) is 45.9 Å². The number of aromatic hydroxyl groups is 1. The lowest BCUT2D eigenvalue weighted by molar-refractivity contribution is -0.159. The highest BCUT2D eigenvalue weighted by Gasteiger charge is 2.52. The van der Waals surface area contributed by atoms with Gasteiger partial charge in [-0.1, -0.05) is 45.9 Å². The van der Waals surface area contributed by atoms with E-state index >= 15 is 0 Å². The van der Waals surface area contributed by atoms with Crippen molar-refractivity contribution in [3.05, 3.63) is 69.8 Å². The summed E-state index contributed by atoms with van der Waals surface area (Å²) in [5.41, 5.74) is 3.44. The van der Waals surface area contributed by atoms with Crippen LogP contribution in [0.1, 0.15) is 85.1 Å². The molecule has 1 aromatic rings. The Hall–Kier alpha value is -4.79. The standard InChI is InChI=1S/C36H44N2O12/c1-14-10-9-11-15(2)35(47)38-26-25(37)30(44)22-23(31(26)45)29(43)19(6)33-24(22)34(46)36(8,50-33)48-13-12-21(40)16(3)32(49-20(7)39)18(5)28(42)17(4)27(14)41/h9-14,16-18,21,27-28,32,40-43H,37H2,1-8H3,(H,38,47)/b10-9-,13-12-,15-11-/t14-,16+,17+,18+,21-,27-,28+,32+,36-/m0/s1. The molecule has 9 atom stereocenters. The molecule has 4 aliphatic rings. The van der Waals surface area contributed by atoms with E-state index in [1.54, 1.807) is 33.8 Å². The molecular weight excluding hydrogens is 652 g/mol. The molecule has 1 amide bonds. The third-order valence-corrected chi connectivity index (χ3v) is 9.75. The molecule has 14 nitrogen and oxygen atoms in total. The molecule has 7 N–H and O–H groups in total. The topological polar surface area (TPSA) is 232 Å². The molecule has 3 aliphatic heterocycles. The van der Waals surface area contributed by atoms with Gasteiger partial charge in [-0.25, -0.2) is 0 Å². The van der Waals surface area contributed by atoms with Crippen LogP contribution in [0.3, 0.4) is 0 Å². The van der Waals surface area contributed by atoms with Gasteiger partial charge in [0.1, 0.15) is 29.0 Å². The largest absolute Gasteiger partial charge is 0.507 e. The second kappa shape index (κ2) is 14.2. The molecule has 14 heteroatoms. The Balaban J connectivity index is 1.84. The lowest BCUT2D eigenvalue weighted by atomic mass is 9.78. The summed E-state index contributed by atoms with van der Waals surface area (Å²) in [7, 11) is 0. The van der Waals surface area contributed by atoms with Crippen molar-refractivity contribution in [1.29, 1.82) is 0 Å². The number of fused-ring (bicyclic) bond motifs is 14. The zero-order chi connectivity index (χ0) is 37.6. The van der Waals surface area contributed by atoms with Crippen LogP contribution in [-0.4, -0.2) is 79.9 Å². The second-order valence-corrected chi connectivity index (χ2v) is 13.4. The number of rotatable bonds is 1. The Morgan fingerprint density at radius 1 is 0.920 bits per heavy atom. The van der Waals surface area contributed by atoms with Crippen LogP contribution in [-0.2, 0) is 19.1 Å². The number of phenolic OH excluding ortho intramolecular Hbond substituents is 1.